The smallest absolute Gasteiger partial charge is 0.306 e. The van der Waals surface area contributed by atoms with E-state index in [1.165, 1.54) is 38.5 Å². The molecule has 0 aromatic carbocycles. The van der Waals surface area contributed by atoms with Gasteiger partial charge >= 0.3 is 11.9 Å². The first-order valence-corrected chi connectivity index (χ1v) is 13.5. The molecular formula is C29H50O5. The minimum absolute atomic E-state index is 0.0824. The van der Waals surface area contributed by atoms with E-state index in [-0.39, 0.29) is 25.2 Å². The molecule has 0 fully saturated rings. The second kappa shape index (κ2) is 25.7. The number of rotatable bonds is 23. The third-order valence-corrected chi connectivity index (χ3v) is 5.44. The summed E-state index contributed by atoms with van der Waals surface area (Å²) in [6.45, 7) is 3.95. The molecule has 5 heteroatoms. The molecule has 0 saturated heterocycles. The normalized spacial score (nSPS) is 12.7. The summed E-state index contributed by atoms with van der Waals surface area (Å²) in [6, 6.07) is 0. The summed E-state index contributed by atoms with van der Waals surface area (Å²) in [4.78, 5) is 23.7. The summed E-state index contributed by atoms with van der Waals surface area (Å²) < 4.78 is 10.4. The van der Waals surface area contributed by atoms with Crippen LogP contribution >= 0.6 is 0 Å². The average Bonchev–Trinajstić information content (AvgIpc) is 2.84. The molecule has 0 heterocycles. The molecule has 0 aromatic rings. The molecule has 0 amide bonds. The predicted molar refractivity (Wildman–Crippen MR) is 141 cm³/mol. The van der Waals surface area contributed by atoms with Crippen LogP contribution < -0.4 is 0 Å². The van der Waals surface area contributed by atoms with Gasteiger partial charge in [0.25, 0.3) is 0 Å². The summed E-state index contributed by atoms with van der Waals surface area (Å²) in [5, 5.41) is 9.38. The van der Waals surface area contributed by atoms with E-state index in [0.29, 0.717) is 12.8 Å². The van der Waals surface area contributed by atoms with Crippen molar-refractivity contribution in [3.8, 4) is 0 Å². The number of allylic oxidation sites excluding steroid dienone is 6. The zero-order valence-electron chi connectivity index (χ0n) is 21.8. The Kier molecular flexibility index (Phi) is 24.3. The van der Waals surface area contributed by atoms with Crippen LogP contribution in [0.5, 0.6) is 0 Å². The molecule has 0 radical (unpaired) electrons. The van der Waals surface area contributed by atoms with Crippen molar-refractivity contribution in [3.05, 3.63) is 36.5 Å². The molecule has 34 heavy (non-hydrogen) atoms. The molecule has 1 unspecified atom stereocenters. The van der Waals surface area contributed by atoms with Crippen LogP contribution in [0.1, 0.15) is 117 Å². The van der Waals surface area contributed by atoms with Crippen molar-refractivity contribution < 1.29 is 24.2 Å². The molecule has 0 aromatic heterocycles. The van der Waals surface area contributed by atoms with Gasteiger partial charge in [0.2, 0.25) is 0 Å². The van der Waals surface area contributed by atoms with Crippen molar-refractivity contribution in [2.75, 3.05) is 13.2 Å². The van der Waals surface area contributed by atoms with Crippen LogP contribution in [0.25, 0.3) is 0 Å². The van der Waals surface area contributed by atoms with Gasteiger partial charge in [0.05, 0.1) is 6.61 Å². The summed E-state index contributed by atoms with van der Waals surface area (Å²) in [6.07, 6.45) is 27.9. The number of hydrogen-bond donors (Lipinski definition) is 1. The van der Waals surface area contributed by atoms with Crippen molar-refractivity contribution in [2.45, 2.75) is 123 Å². The molecule has 0 aliphatic carbocycles. The first-order valence-electron chi connectivity index (χ1n) is 13.5. The fourth-order valence-electron chi connectivity index (χ4n) is 3.32. The number of esters is 2. The number of ether oxygens (including phenoxy) is 2. The lowest BCUT2D eigenvalue weighted by Crippen LogP contribution is -2.28. The Hall–Kier alpha value is -1.88. The number of carbonyl (C=O) groups is 2. The Bertz CT molecular complexity index is 565. The molecule has 196 valence electrons. The van der Waals surface area contributed by atoms with E-state index in [1.807, 2.05) is 0 Å². The SMILES string of the molecule is CCCCC/C=C\C/C=C\C/C=C\CCCCC(=O)OC(CO)COC(=O)CCCCCCC. The van der Waals surface area contributed by atoms with E-state index < -0.39 is 6.10 Å². The van der Waals surface area contributed by atoms with Crippen molar-refractivity contribution in [1.29, 1.82) is 0 Å². The number of hydrogen-bond acceptors (Lipinski definition) is 5. The van der Waals surface area contributed by atoms with E-state index in [9.17, 15) is 14.7 Å². The molecular weight excluding hydrogens is 428 g/mol. The van der Waals surface area contributed by atoms with Gasteiger partial charge in [-0.25, -0.2) is 0 Å². The molecule has 0 bridgehead atoms. The van der Waals surface area contributed by atoms with Gasteiger partial charge in [-0.05, 0) is 51.4 Å². The van der Waals surface area contributed by atoms with E-state index in [4.69, 9.17) is 9.47 Å². The zero-order chi connectivity index (χ0) is 25.1. The minimum Gasteiger partial charge on any atom is -0.462 e. The standard InChI is InChI=1S/C29H50O5/c1-3-5-7-9-10-11-12-13-14-15-16-17-18-20-22-24-29(32)34-27(25-30)26-33-28(31)23-21-19-8-6-4-2/h10-11,13-14,16-17,27,30H,3-9,12,15,18-26H2,1-2H3/b11-10-,14-13-,17-16-. The van der Waals surface area contributed by atoms with Crippen LogP contribution in [0, 0.1) is 0 Å². The predicted octanol–water partition coefficient (Wildman–Crippen LogP) is 7.38. The molecule has 1 N–H and O–H groups in total. The van der Waals surface area contributed by atoms with Gasteiger partial charge in [-0.2, -0.15) is 0 Å². The molecule has 0 aliphatic heterocycles. The topological polar surface area (TPSA) is 72.8 Å². The maximum Gasteiger partial charge on any atom is 0.306 e. The Morgan fingerprint density at radius 1 is 0.676 bits per heavy atom. The fraction of sp³-hybridized carbons (Fsp3) is 0.724. The van der Waals surface area contributed by atoms with Gasteiger partial charge < -0.3 is 14.6 Å². The van der Waals surface area contributed by atoms with Crippen LogP contribution in [0.15, 0.2) is 36.5 Å². The van der Waals surface area contributed by atoms with Gasteiger partial charge in [-0.15, -0.1) is 0 Å². The van der Waals surface area contributed by atoms with Gasteiger partial charge in [0.15, 0.2) is 6.10 Å². The largest absolute Gasteiger partial charge is 0.462 e. The lowest BCUT2D eigenvalue weighted by Gasteiger charge is -2.15. The number of aliphatic hydroxyl groups is 1. The maximum atomic E-state index is 12.0. The number of aliphatic hydroxyl groups excluding tert-OH is 1. The van der Waals surface area contributed by atoms with Crippen LogP contribution in [0.2, 0.25) is 0 Å². The highest BCUT2D eigenvalue weighted by molar-refractivity contribution is 5.70. The van der Waals surface area contributed by atoms with Crippen molar-refractivity contribution >= 4 is 11.9 Å². The van der Waals surface area contributed by atoms with Crippen molar-refractivity contribution in [2.24, 2.45) is 0 Å². The maximum absolute atomic E-state index is 12.0. The van der Waals surface area contributed by atoms with E-state index in [0.717, 1.165) is 51.4 Å². The third-order valence-electron chi connectivity index (χ3n) is 5.44. The Labute approximate surface area is 208 Å². The van der Waals surface area contributed by atoms with Gasteiger partial charge in [0, 0.05) is 12.8 Å². The Morgan fingerprint density at radius 3 is 1.79 bits per heavy atom. The molecule has 1 atom stereocenters. The van der Waals surface area contributed by atoms with Crippen LogP contribution in [-0.4, -0.2) is 36.4 Å². The lowest BCUT2D eigenvalue weighted by atomic mass is 10.1. The molecule has 0 spiro atoms. The van der Waals surface area contributed by atoms with Gasteiger partial charge in [-0.3, -0.25) is 9.59 Å². The van der Waals surface area contributed by atoms with E-state index in [2.05, 4.69) is 50.3 Å². The monoisotopic (exact) mass is 478 g/mol. The first kappa shape index (κ1) is 32.1. The molecule has 0 aliphatic rings. The zero-order valence-corrected chi connectivity index (χ0v) is 21.8. The lowest BCUT2D eigenvalue weighted by molar-refractivity contribution is -0.161. The summed E-state index contributed by atoms with van der Waals surface area (Å²) >= 11 is 0. The minimum atomic E-state index is -0.783. The number of carbonyl (C=O) groups excluding carboxylic acids is 2. The Morgan fingerprint density at radius 2 is 1.18 bits per heavy atom. The fourth-order valence-corrected chi connectivity index (χ4v) is 3.32. The van der Waals surface area contributed by atoms with E-state index >= 15 is 0 Å². The van der Waals surface area contributed by atoms with Gasteiger partial charge in [-0.1, -0.05) is 88.8 Å². The van der Waals surface area contributed by atoms with Crippen LogP contribution in [0.3, 0.4) is 0 Å². The quantitative estimate of drug-likeness (QED) is 0.0942. The third kappa shape index (κ3) is 23.3. The highest BCUT2D eigenvalue weighted by atomic mass is 16.6. The average molecular weight is 479 g/mol. The highest BCUT2D eigenvalue weighted by Gasteiger charge is 2.15. The summed E-state index contributed by atoms with van der Waals surface area (Å²) in [7, 11) is 0. The molecule has 0 saturated carbocycles. The second-order valence-corrected chi connectivity index (χ2v) is 8.77. The van der Waals surface area contributed by atoms with E-state index in [1.54, 1.807) is 0 Å². The first-order chi connectivity index (χ1) is 16.6. The highest BCUT2D eigenvalue weighted by Crippen LogP contribution is 2.08. The summed E-state index contributed by atoms with van der Waals surface area (Å²) in [5.74, 6) is -0.657. The van der Waals surface area contributed by atoms with Gasteiger partial charge in [0.1, 0.15) is 6.61 Å². The van der Waals surface area contributed by atoms with Crippen molar-refractivity contribution in [3.63, 3.8) is 0 Å². The van der Waals surface area contributed by atoms with Crippen LogP contribution in [0.4, 0.5) is 0 Å². The number of unbranched alkanes of at least 4 members (excludes halogenated alkanes) is 9. The van der Waals surface area contributed by atoms with Crippen LogP contribution in [-0.2, 0) is 19.1 Å². The molecule has 0 rings (SSSR count). The Balaban J connectivity index is 3.72. The second-order valence-electron chi connectivity index (χ2n) is 8.77. The van der Waals surface area contributed by atoms with Crippen molar-refractivity contribution in [1.82, 2.24) is 0 Å². The summed E-state index contributed by atoms with van der Waals surface area (Å²) in [5.41, 5.74) is 0. The molecule has 5 nitrogen and oxygen atoms in total.